The molecule has 15 heavy (non-hydrogen) atoms. The van der Waals surface area contributed by atoms with E-state index in [0.29, 0.717) is 36.7 Å². The number of rotatable bonds is 2. The Kier molecular flexibility index (Phi) is 2.49. The summed E-state index contributed by atoms with van der Waals surface area (Å²) in [4.78, 5) is 11.2. The van der Waals surface area contributed by atoms with Crippen molar-refractivity contribution in [2.75, 3.05) is 13.2 Å². The van der Waals surface area contributed by atoms with E-state index in [1.54, 1.807) is 12.1 Å². The Bertz CT molecular complexity index is 401. The first-order chi connectivity index (χ1) is 7.24. The van der Waals surface area contributed by atoms with Crippen LogP contribution in [0.2, 0.25) is 0 Å². The Morgan fingerprint density at radius 1 is 1.40 bits per heavy atom. The number of benzene rings is 1. The Hall–Kier alpha value is -1.71. The number of carbonyl (C=O) groups is 1. The van der Waals surface area contributed by atoms with Gasteiger partial charge in [-0.25, -0.2) is 0 Å². The maximum atomic E-state index is 11.2. The lowest BCUT2D eigenvalue weighted by Gasteiger charge is -2.21. The molecule has 1 aliphatic rings. The summed E-state index contributed by atoms with van der Waals surface area (Å²) in [5.41, 5.74) is 6.64. The highest BCUT2D eigenvalue weighted by molar-refractivity contribution is 5.95. The number of primary amides is 1. The van der Waals surface area contributed by atoms with E-state index < -0.39 is 5.91 Å². The van der Waals surface area contributed by atoms with Crippen molar-refractivity contribution in [3.05, 3.63) is 23.3 Å². The number of nitrogens with two attached hydrogens (primary N) is 1. The number of hydrogen-bond donors (Lipinski definition) is 1. The zero-order chi connectivity index (χ0) is 10.8. The second-order valence-corrected chi connectivity index (χ2v) is 3.33. The van der Waals surface area contributed by atoms with E-state index >= 15 is 0 Å². The molecule has 0 fully saturated rings. The highest BCUT2D eigenvalue weighted by Gasteiger charge is 2.19. The molecule has 0 bridgehead atoms. The van der Waals surface area contributed by atoms with Crippen LogP contribution in [0.4, 0.5) is 0 Å². The van der Waals surface area contributed by atoms with Crippen LogP contribution in [-0.4, -0.2) is 19.1 Å². The standard InChI is InChI=1S/C11H13NO3/c1-2-7-8(11(12)13)3-4-9-10(7)15-6-5-14-9/h3-4H,2,5-6H2,1H3,(H2,12,13). The lowest BCUT2D eigenvalue weighted by Crippen LogP contribution is -2.20. The van der Waals surface area contributed by atoms with Crippen LogP contribution in [0.3, 0.4) is 0 Å². The average molecular weight is 207 g/mol. The van der Waals surface area contributed by atoms with Gasteiger partial charge >= 0.3 is 0 Å². The zero-order valence-corrected chi connectivity index (χ0v) is 8.58. The molecule has 2 N–H and O–H groups in total. The molecule has 1 amide bonds. The van der Waals surface area contributed by atoms with E-state index in [2.05, 4.69) is 0 Å². The molecule has 0 aliphatic carbocycles. The first-order valence-electron chi connectivity index (χ1n) is 4.95. The largest absolute Gasteiger partial charge is 0.486 e. The summed E-state index contributed by atoms with van der Waals surface area (Å²) in [7, 11) is 0. The van der Waals surface area contributed by atoms with Crippen LogP contribution in [0.15, 0.2) is 12.1 Å². The Morgan fingerprint density at radius 3 is 2.80 bits per heavy atom. The third-order valence-electron chi connectivity index (χ3n) is 2.43. The Balaban J connectivity index is 2.56. The smallest absolute Gasteiger partial charge is 0.249 e. The predicted octanol–water partition coefficient (Wildman–Crippen LogP) is 1.12. The van der Waals surface area contributed by atoms with Crippen molar-refractivity contribution in [3.63, 3.8) is 0 Å². The Morgan fingerprint density at radius 2 is 2.13 bits per heavy atom. The van der Waals surface area contributed by atoms with E-state index in [1.165, 1.54) is 0 Å². The van der Waals surface area contributed by atoms with Crippen LogP contribution >= 0.6 is 0 Å². The van der Waals surface area contributed by atoms with Gasteiger partial charge in [0.05, 0.1) is 0 Å². The van der Waals surface area contributed by atoms with Gasteiger partial charge in [0.25, 0.3) is 0 Å². The van der Waals surface area contributed by atoms with Crippen molar-refractivity contribution in [3.8, 4) is 11.5 Å². The van der Waals surface area contributed by atoms with Crippen molar-refractivity contribution in [1.29, 1.82) is 0 Å². The fourth-order valence-corrected chi connectivity index (χ4v) is 1.76. The first-order valence-corrected chi connectivity index (χ1v) is 4.95. The van der Waals surface area contributed by atoms with Crippen LogP contribution in [0.1, 0.15) is 22.8 Å². The number of ether oxygens (including phenoxy) is 2. The number of hydrogen-bond acceptors (Lipinski definition) is 3. The molecule has 0 spiro atoms. The molecule has 1 heterocycles. The summed E-state index contributed by atoms with van der Waals surface area (Å²) in [6.07, 6.45) is 0.699. The van der Waals surface area contributed by atoms with Crippen LogP contribution in [0, 0.1) is 0 Å². The van der Waals surface area contributed by atoms with Gasteiger partial charge in [0.15, 0.2) is 11.5 Å². The summed E-state index contributed by atoms with van der Waals surface area (Å²) >= 11 is 0. The van der Waals surface area contributed by atoms with Crippen LogP contribution < -0.4 is 15.2 Å². The lowest BCUT2D eigenvalue weighted by atomic mass is 10.0. The predicted molar refractivity (Wildman–Crippen MR) is 55.3 cm³/mol. The van der Waals surface area contributed by atoms with Crippen LogP contribution in [0.5, 0.6) is 11.5 Å². The van der Waals surface area contributed by atoms with Gasteiger partial charge in [-0.15, -0.1) is 0 Å². The molecule has 0 unspecified atom stereocenters. The minimum atomic E-state index is -0.427. The van der Waals surface area contributed by atoms with Gasteiger partial charge in [0.1, 0.15) is 13.2 Å². The maximum Gasteiger partial charge on any atom is 0.249 e. The van der Waals surface area contributed by atoms with E-state index in [4.69, 9.17) is 15.2 Å². The highest BCUT2D eigenvalue weighted by Crippen LogP contribution is 2.36. The van der Waals surface area contributed by atoms with E-state index in [0.717, 1.165) is 5.56 Å². The summed E-state index contributed by atoms with van der Waals surface area (Å²) in [6, 6.07) is 3.42. The summed E-state index contributed by atoms with van der Waals surface area (Å²) < 4.78 is 10.9. The fourth-order valence-electron chi connectivity index (χ4n) is 1.76. The normalized spacial score (nSPS) is 13.7. The molecule has 1 aromatic carbocycles. The van der Waals surface area contributed by atoms with Crippen LogP contribution in [-0.2, 0) is 6.42 Å². The van der Waals surface area contributed by atoms with Crippen LogP contribution in [0.25, 0.3) is 0 Å². The molecule has 4 nitrogen and oxygen atoms in total. The van der Waals surface area contributed by atoms with Gasteiger partial charge < -0.3 is 15.2 Å². The highest BCUT2D eigenvalue weighted by atomic mass is 16.6. The van der Waals surface area contributed by atoms with Crippen molar-refractivity contribution < 1.29 is 14.3 Å². The van der Waals surface area contributed by atoms with E-state index in [-0.39, 0.29) is 0 Å². The third-order valence-corrected chi connectivity index (χ3v) is 2.43. The van der Waals surface area contributed by atoms with Gasteiger partial charge in [0, 0.05) is 11.1 Å². The number of carbonyl (C=O) groups excluding carboxylic acids is 1. The summed E-state index contributed by atoms with van der Waals surface area (Å²) in [5, 5.41) is 0. The number of fused-ring (bicyclic) bond motifs is 1. The quantitative estimate of drug-likeness (QED) is 0.790. The SMILES string of the molecule is CCc1c(C(N)=O)ccc2c1OCCO2. The first kappa shape index (κ1) is 9.83. The third kappa shape index (κ3) is 1.63. The van der Waals surface area contributed by atoms with Crippen molar-refractivity contribution in [2.45, 2.75) is 13.3 Å². The van der Waals surface area contributed by atoms with E-state index in [9.17, 15) is 4.79 Å². The lowest BCUT2D eigenvalue weighted by molar-refractivity contribution is 0.0998. The Labute approximate surface area is 88.0 Å². The molecule has 0 aromatic heterocycles. The van der Waals surface area contributed by atoms with E-state index in [1.807, 2.05) is 6.92 Å². The zero-order valence-electron chi connectivity index (χ0n) is 8.58. The minimum absolute atomic E-state index is 0.427. The van der Waals surface area contributed by atoms with Crippen molar-refractivity contribution >= 4 is 5.91 Å². The minimum Gasteiger partial charge on any atom is -0.486 e. The molecule has 0 saturated heterocycles. The molecular weight excluding hydrogens is 194 g/mol. The van der Waals surface area contributed by atoms with Gasteiger partial charge in [-0.05, 0) is 18.6 Å². The molecule has 0 radical (unpaired) electrons. The monoisotopic (exact) mass is 207 g/mol. The van der Waals surface area contributed by atoms with Gasteiger partial charge in [-0.3, -0.25) is 4.79 Å². The molecule has 1 aromatic rings. The van der Waals surface area contributed by atoms with Crippen molar-refractivity contribution in [1.82, 2.24) is 0 Å². The average Bonchev–Trinajstić information content (AvgIpc) is 2.27. The van der Waals surface area contributed by atoms with Gasteiger partial charge in [-0.1, -0.05) is 6.92 Å². The maximum absolute atomic E-state index is 11.2. The fraction of sp³-hybridized carbons (Fsp3) is 0.364. The van der Waals surface area contributed by atoms with Gasteiger partial charge in [0.2, 0.25) is 5.91 Å². The molecule has 0 saturated carbocycles. The molecule has 80 valence electrons. The molecule has 4 heteroatoms. The molecule has 1 aliphatic heterocycles. The number of amides is 1. The van der Waals surface area contributed by atoms with Gasteiger partial charge in [-0.2, -0.15) is 0 Å². The second-order valence-electron chi connectivity index (χ2n) is 3.33. The second kappa shape index (κ2) is 3.81. The topological polar surface area (TPSA) is 61.6 Å². The molecule has 2 rings (SSSR count). The molecular formula is C11H13NO3. The summed E-state index contributed by atoms with van der Waals surface area (Å²) in [6.45, 7) is 3.02. The molecule has 0 atom stereocenters. The summed E-state index contributed by atoms with van der Waals surface area (Å²) in [5.74, 6) is 0.937. The van der Waals surface area contributed by atoms with Crippen molar-refractivity contribution in [2.24, 2.45) is 5.73 Å².